The largest absolute Gasteiger partial charge is 0.481 e. The normalized spacial score (nSPS) is 23.1. The Morgan fingerprint density at radius 1 is 1.33 bits per heavy atom. The Balaban J connectivity index is 1.91. The van der Waals surface area contributed by atoms with Gasteiger partial charge >= 0.3 is 5.97 Å². The van der Waals surface area contributed by atoms with Crippen molar-refractivity contribution >= 4 is 11.7 Å². The van der Waals surface area contributed by atoms with E-state index in [1.165, 1.54) is 0 Å². The molecule has 18 heavy (non-hydrogen) atoms. The Bertz CT molecular complexity index is 468. The van der Waals surface area contributed by atoms with Crippen LogP contribution in [0.25, 0.3) is 0 Å². The van der Waals surface area contributed by atoms with Crippen LogP contribution in [0.15, 0.2) is 24.3 Å². The van der Waals surface area contributed by atoms with E-state index in [9.17, 15) is 4.79 Å². The van der Waals surface area contributed by atoms with Crippen LogP contribution in [0.3, 0.4) is 0 Å². The molecule has 0 atom stereocenters. The minimum Gasteiger partial charge on any atom is -0.481 e. The first-order chi connectivity index (χ1) is 8.69. The van der Waals surface area contributed by atoms with Crippen LogP contribution in [0.1, 0.15) is 31.2 Å². The monoisotopic (exact) mass is 243 g/mol. The van der Waals surface area contributed by atoms with Gasteiger partial charge in [-0.25, -0.2) is 0 Å². The molecule has 1 saturated carbocycles. The number of carboxylic acid groups (broad SMARTS) is 1. The van der Waals surface area contributed by atoms with Crippen molar-refractivity contribution in [3.05, 3.63) is 29.8 Å². The third-order valence-electron chi connectivity index (χ3n) is 3.48. The lowest BCUT2D eigenvalue weighted by molar-refractivity contribution is -0.142. The lowest BCUT2D eigenvalue weighted by Gasteiger charge is -2.27. The summed E-state index contributed by atoms with van der Waals surface area (Å²) < 4.78 is 0. The SMILES string of the molecule is C#Cc1cccc(NC2CCC(C(=O)O)CC2)c1. The molecular formula is C15H17NO2. The molecule has 1 aliphatic rings. The van der Waals surface area contributed by atoms with Crippen LogP contribution in [-0.4, -0.2) is 17.1 Å². The molecular weight excluding hydrogens is 226 g/mol. The number of benzene rings is 1. The number of carbonyl (C=O) groups is 1. The van der Waals surface area contributed by atoms with E-state index in [1.54, 1.807) is 0 Å². The van der Waals surface area contributed by atoms with Crippen LogP contribution in [0, 0.1) is 18.3 Å². The number of hydrogen-bond donors (Lipinski definition) is 2. The van der Waals surface area contributed by atoms with E-state index >= 15 is 0 Å². The lowest BCUT2D eigenvalue weighted by Crippen LogP contribution is -2.29. The van der Waals surface area contributed by atoms with Crippen LogP contribution in [-0.2, 0) is 4.79 Å². The summed E-state index contributed by atoms with van der Waals surface area (Å²) >= 11 is 0. The summed E-state index contributed by atoms with van der Waals surface area (Å²) in [6.07, 6.45) is 8.66. The molecule has 0 heterocycles. The molecule has 1 fully saturated rings. The van der Waals surface area contributed by atoms with Crippen LogP contribution in [0.5, 0.6) is 0 Å². The van der Waals surface area contributed by atoms with Crippen molar-refractivity contribution in [2.75, 3.05) is 5.32 Å². The molecule has 0 bridgehead atoms. The van der Waals surface area contributed by atoms with Gasteiger partial charge in [-0.05, 0) is 43.9 Å². The molecule has 94 valence electrons. The minimum absolute atomic E-state index is 0.167. The van der Waals surface area contributed by atoms with Crippen molar-refractivity contribution in [1.29, 1.82) is 0 Å². The maximum absolute atomic E-state index is 10.9. The van der Waals surface area contributed by atoms with Gasteiger partial charge in [-0.3, -0.25) is 4.79 Å². The molecule has 1 aromatic rings. The second-order valence-corrected chi connectivity index (χ2v) is 4.76. The molecule has 0 amide bonds. The van der Waals surface area contributed by atoms with Gasteiger partial charge in [0.25, 0.3) is 0 Å². The molecule has 0 saturated heterocycles. The van der Waals surface area contributed by atoms with Gasteiger partial charge in [0.15, 0.2) is 0 Å². The van der Waals surface area contributed by atoms with Crippen molar-refractivity contribution in [3.8, 4) is 12.3 Å². The van der Waals surface area contributed by atoms with Gasteiger partial charge in [-0.15, -0.1) is 6.42 Å². The molecule has 2 N–H and O–H groups in total. The van der Waals surface area contributed by atoms with Gasteiger partial charge < -0.3 is 10.4 Å². The Morgan fingerprint density at radius 3 is 2.67 bits per heavy atom. The maximum atomic E-state index is 10.9. The standard InChI is InChI=1S/C15H17NO2/c1-2-11-4-3-5-14(10-11)16-13-8-6-12(7-9-13)15(17)18/h1,3-5,10,12-13,16H,6-9H2,(H,17,18). The fourth-order valence-corrected chi connectivity index (χ4v) is 2.42. The van der Waals surface area contributed by atoms with E-state index in [4.69, 9.17) is 11.5 Å². The topological polar surface area (TPSA) is 49.3 Å². The lowest BCUT2D eigenvalue weighted by atomic mass is 9.86. The number of hydrogen-bond acceptors (Lipinski definition) is 2. The summed E-state index contributed by atoms with van der Waals surface area (Å²) in [5.74, 6) is 1.78. The van der Waals surface area contributed by atoms with Gasteiger partial charge in [0.2, 0.25) is 0 Å². The molecule has 0 unspecified atom stereocenters. The third-order valence-corrected chi connectivity index (χ3v) is 3.48. The number of rotatable bonds is 3. The number of carboxylic acids is 1. The summed E-state index contributed by atoms with van der Waals surface area (Å²) in [7, 11) is 0. The smallest absolute Gasteiger partial charge is 0.306 e. The Morgan fingerprint density at radius 2 is 2.06 bits per heavy atom. The van der Waals surface area contributed by atoms with Gasteiger partial charge in [-0.2, -0.15) is 0 Å². The first kappa shape index (κ1) is 12.5. The maximum Gasteiger partial charge on any atom is 0.306 e. The third kappa shape index (κ3) is 3.04. The summed E-state index contributed by atoms with van der Waals surface area (Å²) in [6, 6.07) is 8.12. The molecule has 0 radical (unpaired) electrons. The molecule has 0 spiro atoms. The summed E-state index contributed by atoms with van der Waals surface area (Å²) in [5.41, 5.74) is 1.88. The fraction of sp³-hybridized carbons (Fsp3) is 0.400. The van der Waals surface area contributed by atoms with E-state index in [0.29, 0.717) is 6.04 Å². The second kappa shape index (κ2) is 5.59. The van der Waals surface area contributed by atoms with Crippen molar-refractivity contribution in [2.45, 2.75) is 31.7 Å². The van der Waals surface area contributed by atoms with Crippen LogP contribution in [0.4, 0.5) is 5.69 Å². The predicted octanol–water partition coefficient (Wildman–Crippen LogP) is 2.72. The predicted molar refractivity (Wildman–Crippen MR) is 71.4 cm³/mol. The quantitative estimate of drug-likeness (QED) is 0.802. The van der Waals surface area contributed by atoms with Crippen LogP contribution >= 0.6 is 0 Å². The molecule has 3 heteroatoms. The number of terminal acetylenes is 1. The fourth-order valence-electron chi connectivity index (χ4n) is 2.42. The molecule has 0 aliphatic heterocycles. The van der Waals surface area contributed by atoms with E-state index in [1.807, 2.05) is 24.3 Å². The summed E-state index contributed by atoms with van der Waals surface area (Å²) in [4.78, 5) is 10.9. The zero-order chi connectivity index (χ0) is 13.0. The first-order valence-electron chi connectivity index (χ1n) is 6.25. The van der Waals surface area contributed by atoms with Gasteiger partial charge in [0.1, 0.15) is 0 Å². The summed E-state index contributed by atoms with van der Waals surface area (Å²) in [6.45, 7) is 0. The van der Waals surface area contributed by atoms with Crippen molar-refractivity contribution in [1.82, 2.24) is 0 Å². The number of anilines is 1. The van der Waals surface area contributed by atoms with Crippen LogP contribution < -0.4 is 5.32 Å². The van der Waals surface area contributed by atoms with Gasteiger partial charge in [0.05, 0.1) is 5.92 Å². The zero-order valence-electron chi connectivity index (χ0n) is 10.2. The average molecular weight is 243 g/mol. The van der Waals surface area contributed by atoms with E-state index < -0.39 is 5.97 Å². The Kier molecular flexibility index (Phi) is 3.88. The Hall–Kier alpha value is -1.95. The number of aliphatic carboxylic acids is 1. The summed E-state index contributed by atoms with van der Waals surface area (Å²) in [5, 5.41) is 12.4. The van der Waals surface area contributed by atoms with E-state index in [2.05, 4.69) is 11.2 Å². The highest BCUT2D eigenvalue weighted by atomic mass is 16.4. The highest BCUT2D eigenvalue weighted by molar-refractivity contribution is 5.70. The molecule has 1 aromatic carbocycles. The van der Waals surface area contributed by atoms with Crippen LogP contribution in [0.2, 0.25) is 0 Å². The Labute approximate surface area is 107 Å². The van der Waals surface area contributed by atoms with E-state index in [0.717, 1.165) is 36.9 Å². The first-order valence-corrected chi connectivity index (χ1v) is 6.25. The molecule has 1 aliphatic carbocycles. The van der Waals surface area contributed by atoms with Crippen molar-refractivity contribution < 1.29 is 9.90 Å². The molecule has 3 nitrogen and oxygen atoms in total. The highest BCUT2D eigenvalue weighted by Gasteiger charge is 2.25. The number of nitrogens with one attached hydrogen (secondary N) is 1. The average Bonchev–Trinajstić information content (AvgIpc) is 2.39. The second-order valence-electron chi connectivity index (χ2n) is 4.76. The highest BCUT2D eigenvalue weighted by Crippen LogP contribution is 2.26. The minimum atomic E-state index is -0.664. The molecule has 2 rings (SSSR count). The molecule has 0 aromatic heterocycles. The van der Waals surface area contributed by atoms with Crippen molar-refractivity contribution in [2.24, 2.45) is 5.92 Å². The van der Waals surface area contributed by atoms with Gasteiger partial charge in [-0.1, -0.05) is 12.0 Å². The van der Waals surface area contributed by atoms with Crippen molar-refractivity contribution in [3.63, 3.8) is 0 Å². The zero-order valence-corrected chi connectivity index (χ0v) is 10.2. The van der Waals surface area contributed by atoms with E-state index in [-0.39, 0.29) is 5.92 Å². The van der Waals surface area contributed by atoms with Gasteiger partial charge in [0, 0.05) is 17.3 Å².